The fourth-order valence-electron chi connectivity index (χ4n) is 3.81. The number of ether oxygens (including phenoxy) is 1. The highest BCUT2D eigenvalue weighted by Crippen LogP contribution is 2.32. The minimum atomic E-state index is -0.717. The normalized spacial score (nSPS) is 14.4. The van der Waals surface area contributed by atoms with Crippen LogP contribution in [0.2, 0.25) is 0 Å². The van der Waals surface area contributed by atoms with Gasteiger partial charge in [0.1, 0.15) is 11.5 Å². The van der Waals surface area contributed by atoms with E-state index >= 15 is 0 Å². The lowest BCUT2D eigenvalue weighted by atomic mass is 9.99. The van der Waals surface area contributed by atoms with Gasteiger partial charge in [-0.2, -0.15) is 0 Å². The Labute approximate surface area is 169 Å². The summed E-state index contributed by atoms with van der Waals surface area (Å²) in [6.45, 7) is 5.18. The van der Waals surface area contributed by atoms with E-state index in [1.165, 1.54) is 31.4 Å². The smallest absolute Gasteiger partial charge is 0.354 e. The molecule has 1 heterocycles. The summed E-state index contributed by atoms with van der Waals surface area (Å²) in [5.74, 6) is -1.46. The van der Waals surface area contributed by atoms with Crippen molar-refractivity contribution in [2.45, 2.75) is 45.7 Å². The first kappa shape index (κ1) is 20.8. The molecule has 1 aliphatic carbocycles. The Bertz CT molecular complexity index is 974. The minimum absolute atomic E-state index is 0.0177. The number of aromatic nitrogens is 1. The number of Topliss-reactive ketones (excluding diaryl/α,β-unsaturated/α-hetero) is 1. The second-order valence-electron chi connectivity index (χ2n) is 7.48. The van der Waals surface area contributed by atoms with Crippen molar-refractivity contribution in [3.63, 3.8) is 0 Å². The number of nitrogens with zero attached hydrogens (tertiary/aromatic N) is 2. The molecule has 0 spiro atoms. The number of halogens is 1. The first-order valence-corrected chi connectivity index (χ1v) is 9.55. The van der Waals surface area contributed by atoms with Crippen LogP contribution in [-0.2, 0) is 11.8 Å². The third-order valence-corrected chi connectivity index (χ3v) is 5.62. The Hall–Kier alpha value is -2.96. The number of carbonyl (C=O) groups is 3. The molecule has 1 aromatic carbocycles. The molecule has 1 saturated carbocycles. The Kier molecular flexibility index (Phi) is 5.59. The van der Waals surface area contributed by atoms with E-state index in [0.29, 0.717) is 28.1 Å². The van der Waals surface area contributed by atoms with Crippen molar-refractivity contribution in [3.05, 3.63) is 58.2 Å². The van der Waals surface area contributed by atoms with Gasteiger partial charge in [-0.15, -0.1) is 0 Å². The number of rotatable bonds is 6. The Morgan fingerprint density at radius 3 is 2.28 bits per heavy atom. The lowest BCUT2D eigenvalue weighted by molar-refractivity contribution is 0.0587. The summed E-state index contributed by atoms with van der Waals surface area (Å²) in [7, 11) is 3.00. The first-order valence-electron chi connectivity index (χ1n) is 9.55. The van der Waals surface area contributed by atoms with Gasteiger partial charge in [-0.1, -0.05) is 0 Å². The highest BCUT2D eigenvalue weighted by Gasteiger charge is 2.40. The molecule has 1 aliphatic rings. The van der Waals surface area contributed by atoms with Crippen LogP contribution >= 0.6 is 0 Å². The SMILES string of the molecule is COC(=O)c1c(C)c(C(=O)C(C)N(C(=O)c2ccc(F)cc2)C2CC2)c(C)n1C. The number of hydrogen-bond donors (Lipinski definition) is 0. The van der Waals surface area contributed by atoms with Crippen LogP contribution in [0.3, 0.4) is 0 Å². The third kappa shape index (κ3) is 3.69. The number of methoxy groups -OCH3 is 1. The Morgan fingerprint density at radius 1 is 1.17 bits per heavy atom. The fourth-order valence-corrected chi connectivity index (χ4v) is 3.81. The standard InChI is InChI=1S/C22H25FN2O4/c1-12-18(13(2)24(4)19(12)22(28)29-5)20(26)14(3)25(17-10-11-17)21(27)15-6-8-16(23)9-7-15/h6-9,14,17H,10-11H2,1-5H3. The number of ketones is 1. The van der Waals surface area contributed by atoms with Crippen molar-refractivity contribution in [1.29, 1.82) is 0 Å². The lowest BCUT2D eigenvalue weighted by Crippen LogP contribution is -2.45. The van der Waals surface area contributed by atoms with E-state index in [4.69, 9.17) is 4.74 Å². The largest absolute Gasteiger partial charge is 0.464 e. The summed E-state index contributed by atoms with van der Waals surface area (Å²) < 4.78 is 19.7. The molecule has 1 aromatic heterocycles. The molecule has 0 saturated heterocycles. The molecule has 29 heavy (non-hydrogen) atoms. The van der Waals surface area contributed by atoms with Gasteiger partial charge in [0.25, 0.3) is 5.91 Å². The highest BCUT2D eigenvalue weighted by molar-refractivity contribution is 6.07. The molecule has 1 fully saturated rings. The van der Waals surface area contributed by atoms with Crippen LogP contribution in [0.5, 0.6) is 0 Å². The number of carbonyl (C=O) groups excluding carboxylic acids is 3. The molecule has 7 heteroatoms. The predicted octanol–water partition coefficient (Wildman–Crippen LogP) is 3.44. The van der Waals surface area contributed by atoms with Gasteiger partial charge in [-0.05, 0) is 63.4 Å². The van der Waals surface area contributed by atoms with E-state index in [1.54, 1.807) is 37.3 Å². The molecule has 3 rings (SSSR count). The zero-order chi connectivity index (χ0) is 21.5. The minimum Gasteiger partial charge on any atom is -0.464 e. The van der Waals surface area contributed by atoms with Crippen LogP contribution < -0.4 is 0 Å². The van der Waals surface area contributed by atoms with E-state index in [0.717, 1.165) is 12.8 Å². The van der Waals surface area contributed by atoms with Crippen LogP contribution in [0.1, 0.15) is 62.2 Å². The molecule has 1 atom stereocenters. The van der Waals surface area contributed by atoms with Crippen LogP contribution in [0.25, 0.3) is 0 Å². The van der Waals surface area contributed by atoms with Gasteiger partial charge < -0.3 is 14.2 Å². The van der Waals surface area contributed by atoms with Crippen molar-refractivity contribution in [2.24, 2.45) is 7.05 Å². The molecule has 0 radical (unpaired) electrons. The van der Waals surface area contributed by atoms with Crippen molar-refractivity contribution in [3.8, 4) is 0 Å². The van der Waals surface area contributed by atoms with Gasteiger partial charge in [-0.25, -0.2) is 9.18 Å². The van der Waals surface area contributed by atoms with Crippen LogP contribution in [0.4, 0.5) is 4.39 Å². The van der Waals surface area contributed by atoms with Crippen LogP contribution in [0.15, 0.2) is 24.3 Å². The Balaban J connectivity index is 1.97. The maximum absolute atomic E-state index is 13.4. The highest BCUT2D eigenvalue weighted by atomic mass is 19.1. The summed E-state index contributed by atoms with van der Waals surface area (Å²) in [6, 6.07) is 4.59. The fraction of sp³-hybridized carbons (Fsp3) is 0.409. The van der Waals surface area contributed by atoms with Crippen LogP contribution in [0, 0.1) is 19.7 Å². The second-order valence-corrected chi connectivity index (χ2v) is 7.48. The monoisotopic (exact) mass is 400 g/mol. The maximum Gasteiger partial charge on any atom is 0.354 e. The zero-order valence-corrected chi connectivity index (χ0v) is 17.3. The van der Waals surface area contributed by atoms with Crippen molar-refractivity contribution < 1.29 is 23.5 Å². The maximum atomic E-state index is 13.4. The van der Waals surface area contributed by atoms with Gasteiger partial charge in [-0.3, -0.25) is 9.59 Å². The van der Waals surface area contributed by atoms with Gasteiger partial charge in [0, 0.05) is 29.9 Å². The van der Waals surface area contributed by atoms with Crippen molar-refractivity contribution in [1.82, 2.24) is 9.47 Å². The average Bonchev–Trinajstić information content (AvgIpc) is 3.49. The third-order valence-electron chi connectivity index (χ3n) is 5.62. The first-order chi connectivity index (χ1) is 13.7. The van der Waals surface area contributed by atoms with Gasteiger partial charge in [0.05, 0.1) is 13.2 Å². The van der Waals surface area contributed by atoms with Gasteiger partial charge in [0.15, 0.2) is 5.78 Å². The topological polar surface area (TPSA) is 68.6 Å². The molecular weight excluding hydrogens is 375 g/mol. The zero-order valence-electron chi connectivity index (χ0n) is 17.3. The van der Waals surface area contributed by atoms with E-state index in [2.05, 4.69) is 0 Å². The molecule has 2 aromatic rings. The molecule has 0 N–H and O–H groups in total. The number of benzene rings is 1. The summed E-state index contributed by atoms with van der Waals surface area (Å²) in [5.41, 5.74) is 2.28. The van der Waals surface area contributed by atoms with E-state index in [-0.39, 0.29) is 17.7 Å². The quantitative estimate of drug-likeness (QED) is 0.550. The second kappa shape index (κ2) is 7.81. The van der Waals surface area contributed by atoms with Gasteiger partial charge in [0.2, 0.25) is 0 Å². The predicted molar refractivity (Wildman–Crippen MR) is 106 cm³/mol. The van der Waals surface area contributed by atoms with Crippen molar-refractivity contribution >= 4 is 17.7 Å². The summed E-state index contributed by atoms with van der Waals surface area (Å²) in [6.07, 6.45) is 1.65. The summed E-state index contributed by atoms with van der Waals surface area (Å²) in [5, 5.41) is 0. The summed E-state index contributed by atoms with van der Waals surface area (Å²) in [4.78, 5) is 40.2. The lowest BCUT2D eigenvalue weighted by Gasteiger charge is -2.29. The van der Waals surface area contributed by atoms with E-state index in [1.807, 2.05) is 0 Å². The number of amides is 1. The molecule has 1 amide bonds. The molecule has 0 aliphatic heterocycles. The Morgan fingerprint density at radius 2 is 1.76 bits per heavy atom. The molecular formula is C22H25FN2O4. The molecule has 1 unspecified atom stereocenters. The van der Waals surface area contributed by atoms with Gasteiger partial charge >= 0.3 is 5.97 Å². The molecule has 154 valence electrons. The van der Waals surface area contributed by atoms with Crippen molar-refractivity contribution in [2.75, 3.05) is 7.11 Å². The number of esters is 1. The van der Waals surface area contributed by atoms with E-state index < -0.39 is 17.8 Å². The van der Waals surface area contributed by atoms with E-state index in [9.17, 15) is 18.8 Å². The molecule has 0 bridgehead atoms. The molecule has 6 nitrogen and oxygen atoms in total. The van der Waals surface area contributed by atoms with Crippen LogP contribution in [-0.4, -0.2) is 46.3 Å². The number of hydrogen-bond acceptors (Lipinski definition) is 4. The summed E-state index contributed by atoms with van der Waals surface area (Å²) >= 11 is 0. The average molecular weight is 400 g/mol.